The van der Waals surface area contributed by atoms with E-state index in [1.165, 1.54) is 4.57 Å². The van der Waals surface area contributed by atoms with Gasteiger partial charge in [0, 0.05) is 19.2 Å². The van der Waals surface area contributed by atoms with Crippen LogP contribution in [0.1, 0.15) is 64.2 Å². The molecule has 164 valence electrons. The molecule has 0 aliphatic heterocycles. The van der Waals surface area contributed by atoms with Crippen LogP contribution in [0.25, 0.3) is 0 Å². The first-order valence-electron chi connectivity index (χ1n) is 10.8. The molecule has 0 saturated heterocycles. The van der Waals surface area contributed by atoms with Crippen molar-refractivity contribution in [3.05, 3.63) is 58.4 Å². The summed E-state index contributed by atoms with van der Waals surface area (Å²) in [5.41, 5.74) is 0.347. The second-order valence-electron chi connectivity index (χ2n) is 9.77. The summed E-state index contributed by atoms with van der Waals surface area (Å²) < 4.78 is 28.8. The fourth-order valence-electron chi connectivity index (χ4n) is 6.55. The molecule has 4 aliphatic rings. The zero-order chi connectivity index (χ0) is 22.1. The minimum Gasteiger partial charge on any atom is -0.390 e. The zero-order valence-electron chi connectivity index (χ0n) is 17.6. The SMILES string of the molecule is Cc1cc(C(=O)c2ccc(F)cc2F)n(C)c1C(=O)NC1C2CC3CC1CC(O)(C3)C2. The highest BCUT2D eigenvalue weighted by Crippen LogP contribution is 2.55. The first-order valence-corrected chi connectivity index (χ1v) is 10.8. The number of hydrogen-bond donors (Lipinski definition) is 2. The molecule has 7 heteroatoms. The highest BCUT2D eigenvalue weighted by molar-refractivity contribution is 6.09. The van der Waals surface area contributed by atoms with Gasteiger partial charge >= 0.3 is 0 Å². The molecule has 31 heavy (non-hydrogen) atoms. The molecule has 4 aliphatic carbocycles. The Bertz CT molecular complexity index is 1080. The van der Waals surface area contributed by atoms with Crippen molar-refractivity contribution in [1.29, 1.82) is 0 Å². The van der Waals surface area contributed by atoms with Crippen molar-refractivity contribution in [2.75, 3.05) is 0 Å². The molecule has 1 aromatic heterocycles. The number of aryl methyl sites for hydroxylation is 1. The number of aliphatic hydroxyl groups is 1. The first-order chi connectivity index (χ1) is 14.6. The molecule has 0 spiro atoms. The summed E-state index contributed by atoms with van der Waals surface area (Å²) in [6, 6.07) is 4.43. The molecule has 4 bridgehead atoms. The lowest BCUT2D eigenvalue weighted by Crippen LogP contribution is -2.61. The van der Waals surface area contributed by atoms with Crippen LogP contribution in [-0.2, 0) is 7.05 Å². The van der Waals surface area contributed by atoms with Gasteiger partial charge in [-0.05, 0) is 80.5 Å². The molecule has 2 aromatic rings. The van der Waals surface area contributed by atoms with Crippen LogP contribution in [0.15, 0.2) is 24.3 Å². The lowest BCUT2D eigenvalue weighted by molar-refractivity contribution is -0.137. The van der Waals surface area contributed by atoms with Gasteiger partial charge < -0.3 is 15.0 Å². The average Bonchev–Trinajstić information content (AvgIpc) is 2.97. The lowest BCUT2D eigenvalue weighted by atomic mass is 9.52. The van der Waals surface area contributed by atoms with Crippen molar-refractivity contribution < 1.29 is 23.5 Å². The Kier molecular flexibility index (Phi) is 4.59. The summed E-state index contributed by atoms with van der Waals surface area (Å²) in [5, 5.41) is 13.9. The topological polar surface area (TPSA) is 71.3 Å². The first kappa shape index (κ1) is 20.4. The van der Waals surface area contributed by atoms with E-state index in [0.717, 1.165) is 44.2 Å². The third-order valence-electron chi connectivity index (χ3n) is 7.59. The van der Waals surface area contributed by atoms with E-state index >= 15 is 0 Å². The van der Waals surface area contributed by atoms with Crippen LogP contribution in [0, 0.1) is 36.3 Å². The number of carbonyl (C=O) groups excluding carboxylic acids is 2. The number of aromatic nitrogens is 1. The Hall–Kier alpha value is -2.54. The highest BCUT2D eigenvalue weighted by atomic mass is 19.1. The largest absolute Gasteiger partial charge is 0.390 e. The van der Waals surface area contributed by atoms with Crippen LogP contribution in [0.2, 0.25) is 0 Å². The Morgan fingerprint density at radius 3 is 2.42 bits per heavy atom. The number of hydrogen-bond acceptors (Lipinski definition) is 3. The summed E-state index contributed by atoms with van der Waals surface area (Å²) in [6.45, 7) is 1.74. The number of nitrogens with zero attached hydrogens (tertiary/aromatic N) is 1. The summed E-state index contributed by atoms with van der Waals surface area (Å²) in [6.07, 6.45) is 4.39. The molecule has 4 saturated carbocycles. The number of halogens is 2. The minimum absolute atomic E-state index is 0.0207. The van der Waals surface area contributed by atoms with E-state index in [1.54, 1.807) is 20.0 Å². The average molecular weight is 428 g/mol. The molecular weight excluding hydrogens is 402 g/mol. The van der Waals surface area contributed by atoms with E-state index in [-0.39, 0.29) is 35.0 Å². The van der Waals surface area contributed by atoms with Crippen LogP contribution >= 0.6 is 0 Å². The van der Waals surface area contributed by atoms with E-state index in [1.807, 2.05) is 0 Å². The lowest BCUT2D eigenvalue weighted by Gasteiger charge is -2.58. The van der Waals surface area contributed by atoms with Gasteiger partial charge in [-0.2, -0.15) is 0 Å². The molecule has 1 aromatic carbocycles. The molecule has 2 unspecified atom stereocenters. The predicted octanol–water partition coefficient (Wildman–Crippen LogP) is 3.51. The predicted molar refractivity (Wildman–Crippen MR) is 110 cm³/mol. The van der Waals surface area contributed by atoms with E-state index in [9.17, 15) is 23.5 Å². The minimum atomic E-state index is -0.929. The number of benzene rings is 1. The van der Waals surface area contributed by atoms with Crippen LogP contribution < -0.4 is 5.32 Å². The van der Waals surface area contributed by atoms with E-state index < -0.39 is 23.0 Å². The Balaban J connectivity index is 1.39. The van der Waals surface area contributed by atoms with Gasteiger partial charge in [0.2, 0.25) is 5.78 Å². The number of rotatable bonds is 4. The van der Waals surface area contributed by atoms with Crippen LogP contribution in [-0.4, -0.2) is 33.0 Å². The molecule has 1 amide bonds. The van der Waals surface area contributed by atoms with Gasteiger partial charge in [-0.1, -0.05) is 0 Å². The van der Waals surface area contributed by atoms with Gasteiger partial charge in [-0.3, -0.25) is 9.59 Å². The van der Waals surface area contributed by atoms with Gasteiger partial charge in [-0.25, -0.2) is 8.78 Å². The Labute approximate surface area is 179 Å². The van der Waals surface area contributed by atoms with Crippen molar-refractivity contribution in [2.24, 2.45) is 24.8 Å². The fraction of sp³-hybridized carbons (Fsp3) is 0.500. The quantitative estimate of drug-likeness (QED) is 0.732. The van der Waals surface area contributed by atoms with Crippen LogP contribution in [0.4, 0.5) is 8.78 Å². The zero-order valence-corrected chi connectivity index (χ0v) is 17.6. The maximum atomic E-state index is 14.1. The second kappa shape index (κ2) is 6.99. The van der Waals surface area contributed by atoms with Crippen molar-refractivity contribution in [1.82, 2.24) is 9.88 Å². The van der Waals surface area contributed by atoms with Crippen LogP contribution in [0.3, 0.4) is 0 Å². The number of amides is 1. The Morgan fingerprint density at radius 2 is 1.81 bits per heavy atom. The van der Waals surface area contributed by atoms with Crippen LogP contribution in [0.5, 0.6) is 0 Å². The van der Waals surface area contributed by atoms with Gasteiger partial charge in [0.1, 0.15) is 17.3 Å². The standard InChI is InChI=1S/C24H26F2N2O3/c1-12-5-19(22(29)17-4-3-16(25)8-18(17)26)28(2)21(12)23(30)27-20-14-6-13-7-15(20)11-24(31,9-13)10-14/h3-5,8,13-15,20,31H,6-7,9-11H2,1-2H3,(H,27,30). The summed E-state index contributed by atoms with van der Waals surface area (Å²) >= 11 is 0. The molecule has 0 radical (unpaired) electrons. The summed E-state index contributed by atoms with van der Waals surface area (Å²) in [5.74, 6) is -1.45. The smallest absolute Gasteiger partial charge is 0.268 e. The monoisotopic (exact) mass is 428 g/mol. The number of nitrogens with one attached hydrogen (secondary N) is 1. The van der Waals surface area contributed by atoms with Gasteiger partial charge in [0.25, 0.3) is 5.91 Å². The van der Waals surface area contributed by atoms with E-state index in [4.69, 9.17) is 0 Å². The second-order valence-corrected chi connectivity index (χ2v) is 9.77. The molecule has 1 heterocycles. The highest BCUT2D eigenvalue weighted by Gasteiger charge is 2.55. The van der Waals surface area contributed by atoms with Crippen molar-refractivity contribution in [3.63, 3.8) is 0 Å². The molecule has 6 rings (SSSR count). The van der Waals surface area contributed by atoms with Gasteiger partial charge in [-0.15, -0.1) is 0 Å². The molecule has 2 N–H and O–H groups in total. The third kappa shape index (κ3) is 3.30. The fourth-order valence-corrected chi connectivity index (χ4v) is 6.55. The van der Waals surface area contributed by atoms with Crippen molar-refractivity contribution in [2.45, 2.75) is 50.7 Å². The summed E-state index contributed by atoms with van der Waals surface area (Å²) in [7, 11) is 1.61. The van der Waals surface area contributed by atoms with E-state index in [0.29, 0.717) is 23.2 Å². The molecular formula is C24H26F2N2O3. The number of ketones is 1. The maximum Gasteiger partial charge on any atom is 0.268 e. The molecule has 4 fully saturated rings. The third-order valence-corrected chi connectivity index (χ3v) is 7.59. The number of carbonyl (C=O) groups is 2. The van der Waals surface area contributed by atoms with Gasteiger partial charge in [0.05, 0.1) is 16.9 Å². The van der Waals surface area contributed by atoms with E-state index in [2.05, 4.69) is 5.32 Å². The summed E-state index contributed by atoms with van der Waals surface area (Å²) in [4.78, 5) is 26.1. The van der Waals surface area contributed by atoms with Crippen molar-refractivity contribution >= 4 is 11.7 Å². The Morgan fingerprint density at radius 1 is 1.13 bits per heavy atom. The molecule has 5 nitrogen and oxygen atoms in total. The molecule has 2 atom stereocenters. The normalized spacial score (nSPS) is 31.1. The van der Waals surface area contributed by atoms with Crippen molar-refractivity contribution in [3.8, 4) is 0 Å². The van der Waals surface area contributed by atoms with Gasteiger partial charge in [0.15, 0.2) is 0 Å². The maximum absolute atomic E-state index is 14.1.